The lowest BCUT2D eigenvalue weighted by molar-refractivity contribution is -0.323. The average Bonchev–Trinajstić information content (AvgIpc) is 2.67. The van der Waals surface area contributed by atoms with Gasteiger partial charge in [-0.3, -0.25) is 0 Å². The summed E-state index contributed by atoms with van der Waals surface area (Å²) < 4.78 is 22.5. The predicted octanol–water partition coefficient (Wildman–Crippen LogP) is 0.0130. The van der Waals surface area contributed by atoms with Crippen LogP contribution in [0.25, 0.3) is 0 Å². The molecule has 2 saturated heterocycles. The highest BCUT2D eigenvalue weighted by Gasteiger charge is 2.52. The summed E-state index contributed by atoms with van der Waals surface area (Å²) in [5.74, 6) is 0.486. The molecule has 6 nitrogen and oxygen atoms in total. The molecule has 2 N–H and O–H groups in total. The van der Waals surface area contributed by atoms with Crippen molar-refractivity contribution in [1.82, 2.24) is 0 Å². The molecule has 0 aliphatic carbocycles. The van der Waals surface area contributed by atoms with E-state index >= 15 is 0 Å². The largest absolute Gasteiger partial charge is 0.388 e. The summed E-state index contributed by atoms with van der Waals surface area (Å²) in [6, 6.07) is 0. The summed E-state index contributed by atoms with van der Waals surface area (Å²) in [5, 5.41) is 20.0. The Hall–Kier alpha value is -0.680. The van der Waals surface area contributed by atoms with Crippen LogP contribution in [0.1, 0.15) is 27.7 Å². The smallest absolute Gasteiger partial charge is 0.164 e. The maximum absolute atomic E-state index is 10.1. The first kappa shape index (κ1) is 15.7. The first-order chi connectivity index (χ1) is 9.15. The van der Waals surface area contributed by atoms with Crippen molar-refractivity contribution in [1.29, 1.82) is 0 Å². The van der Waals surface area contributed by atoms with E-state index < -0.39 is 42.1 Å². The van der Waals surface area contributed by atoms with E-state index in [0.29, 0.717) is 0 Å². The molecule has 0 bridgehead atoms. The topological polar surface area (TPSA) is 77.4 Å². The highest BCUT2D eigenvalue weighted by atomic mass is 16.8. The number of aliphatic hydroxyl groups excluding tert-OH is 2. The van der Waals surface area contributed by atoms with Gasteiger partial charge in [0.05, 0.1) is 6.61 Å². The third-order valence-electron chi connectivity index (χ3n) is 3.37. The van der Waals surface area contributed by atoms with E-state index in [4.69, 9.17) is 25.4 Å². The van der Waals surface area contributed by atoms with Crippen molar-refractivity contribution in [3.05, 3.63) is 0 Å². The highest BCUT2D eigenvalue weighted by Crippen LogP contribution is 2.36. The first-order valence-electron chi connectivity index (χ1n) is 6.65. The third-order valence-corrected chi connectivity index (χ3v) is 3.37. The van der Waals surface area contributed by atoms with E-state index in [9.17, 15) is 10.2 Å². The minimum absolute atomic E-state index is 0.122. The fraction of sp³-hybridized carbons (Fsp3) is 0.857. The number of hydrogen-bond donors (Lipinski definition) is 2. The van der Waals surface area contributed by atoms with Crippen molar-refractivity contribution in [3.8, 4) is 12.3 Å². The zero-order valence-corrected chi connectivity index (χ0v) is 12.2. The molecule has 0 saturated carbocycles. The number of terminal acetylenes is 1. The minimum Gasteiger partial charge on any atom is -0.388 e. The van der Waals surface area contributed by atoms with Gasteiger partial charge >= 0.3 is 0 Å². The van der Waals surface area contributed by atoms with Crippen molar-refractivity contribution < 1.29 is 29.2 Å². The van der Waals surface area contributed by atoms with Crippen molar-refractivity contribution in [2.24, 2.45) is 0 Å². The van der Waals surface area contributed by atoms with Crippen LogP contribution in [0.4, 0.5) is 0 Å². The Bertz CT molecular complexity index is 399. The lowest BCUT2D eigenvalue weighted by atomic mass is 9.98. The standard InChI is InChI=1S/C14H22O6/c1-6-8(15)10-12(20-14(4,5)19-10)11-9(16)7-17-13(2,3)18-11/h1,8-12,15-16H,7H2,2-5H3/t8?,9-,10+,11+,12+/m0/s1. The van der Waals surface area contributed by atoms with Crippen LogP contribution in [0.3, 0.4) is 0 Å². The summed E-state index contributed by atoms with van der Waals surface area (Å²) in [6.07, 6.45) is 1.12. The average molecular weight is 286 g/mol. The SMILES string of the molecule is C#CC(O)[C@H]1OC(C)(C)O[C@H]1[C@@H]1OC(C)(C)OC[C@@H]1O. The number of aliphatic hydroxyl groups is 2. The van der Waals surface area contributed by atoms with Gasteiger partial charge in [0, 0.05) is 0 Å². The molecule has 5 atom stereocenters. The molecule has 2 fully saturated rings. The molecular weight excluding hydrogens is 264 g/mol. The minimum atomic E-state index is -1.14. The highest BCUT2D eigenvalue weighted by molar-refractivity contribution is 5.05. The summed E-state index contributed by atoms with van der Waals surface area (Å²) in [7, 11) is 0. The van der Waals surface area contributed by atoms with E-state index in [1.165, 1.54) is 0 Å². The fourth-order valence-corrected chi connectivity index (χ4v) is 2.52. The van der Waals surface area contributed by atoms with E-state index in [0.717, 1.165) is 0 Å². The van der Waals surface area contributed by atoms with Gasteiger partial charge in [-0.05, 0) is 27.7 Å². The first-order valence-corrected chi connectivity index (χ1v) is 6.65. The van der Waals surface area contributed by atoms with Gasteiger partial charge < -0.3 is 29.2 Å². The van der Waals surface area contributed by atoms with Crippen LogP contribution in [0.2, 0.25) is 0 Å². The lowest BCUT2D eigenvalue weighted by Crippen LogP contribution is -2.57. The van der Waals surface area contributed by atoms with Crippen LogP contribution in [0.15, 0.2) is 0 Å². The molecule has 20 heavy (non-hydrogen) atoms. The molecule has 0 aromatic rings. The normalized spacial score (nSPS) is 41.0. The number of rotatable bonds is 2. The Labute approximate surface area is 119 Å². The predicted molar refractivity (Wildman–Crippen MR) is 69.6 cm³/mol. The van der Waals surface area contributed by atoms with E-state index in [-0.39, 0.29) is 6.61 Å². The van der Waals surface area contributed by atoms with E-state index in [1.807, 2.05) is 0 Å². The van der Waals surface area contributed by atoms with Gasteiger partial charge in [0.15, 0.2) is 11.6 Å². The van der Waals surface area contributed by atoms with Gasteiger partial charge in [-0.2, -0.15) is 0 Å². The Morgan fingerprint density at radius 1 is 1.10 bits per heavy atom. The Balaban J connectivity index is 2.22. The van der Waals surface area contributed by atoms with Crippen molar-refractivity contribution >= 4 is 0 Å². The molecule has 1 unspecified atom stereocenters. The van der Waals surface area contributed by atoms with Crippen LogP contribution < -0.4 is 0 Å². The van der Waals surface area contributed by atoms with Gasteiger partial charge in [0.2, 0.25) is 0 Å². The van der Waals surface area contributed by atoms with Crippen molar-refractivity contribution in [2.75, 3.05) is 6.61 Å². The number of hydrogen-bond acceptors (Lipinski definition) is 6. The maximum Gasteiger partial charge on any atom is 0.164 e. The Kier molecular flexibility index (Phi) is 4.13. The zero-order valence-electron chi connectivity index (χ0n) is 12.2. The monoisotopic (exact) mass is 286 g/mol. The molecule has 2 aliphatic rings. The summed E-state index contributed by atoms with van der Waals surface area (Å²) in [4.78, 5) is 0. The second kappa shape index (κ2) is 5.26. The van der Waals surface area contributed by atoms with E-state index in [1.54, 1.807) is 27.7 Å². The molecular formula is C14H22O6. The molecule has 114 valence electrons. The number of ether oxygens (including phenoxy) is 4. The summed E-state index contributed by atoms with van der Waals surface area (Å²) in [6.45, 7) is 7.07. The molecule has 2 heterocycles. The van der Waals surface area contributed by atoms with E-state index in [2.05, 4.69) is 5.92 Å². The van der Waals surface area contributed by atoms with Crippen molar-refractivity contribution in [3.63, 3.8) is 0 Å². The molecule has 0 aromatic heterocycles. The molecule has 0 radical (unpaired) electrons. The van der Waals surface area contributed by atoms with Crippen LogP contribution in [0.5, 0.6) is 0 Å². The van der Waals surface area contributed by atoms with Gasteiger partial charge in [0.1, 0.15) is 30.5 Å². The summed E-state index contributed by atoms with van der Waals surface area (Å²) in [5.41, 5.74) is 0. The Morgan fingerprint density at radius 2 is 1.70 bits per heavy atom. The van der Waals surface area contributed by atoms with Crippen LogP contribution in [0, 0.1) is 12.3 Å². The molecule has 2 aliphatic heterocycles. The maximum atomic E-state index is 10.1. The third kappa shape index (κ3) is 3.14. The molecule has 2 rings (SSSR count). The second-order valence-corrected chi connectivity index (χ2v) is 6.04. The molecule has 0 aromatic carbocycles. The lowest BCUT2D eigenvalue weighted by Gasteiger charge is -2.42. The quantitative estimate of drug-likeness (QED) is 0.697. The van der Waals surface area contributed by atoms with Gasteiger partial charge in [-0.15, -0.1) is 6.42 Å². The van der Waals surface area contributed by atoms with Crippen LogP contribution >= 0.6 is 0 Å². The van der Waals surface area contributed by atoms with Gasteiger partial charge in [-0.25, -0.2) is 0 Å². The van der Waals surface area contributed by atoms with Crippen molar-refractivity contribution in [2.45, 2.75) is 69.8 Å². The van der Waals surface area contributed by atoms with Gasteiger partial charge in [0.25, 0.3) is 0 Å². The molecule has 0 spiro atoms. The Morgan fingerprint density at radius 3 is 2.30 bits per heavy atom. The van der Waals surface area contributed by atoms with Crippen LogP contribution in [-0.4, -0.2) is 58.9 Å². The molecule has 6 heteroatoms. The summed E-state index contributed by atoms with van der Waals surface area (Å²) >= 11 is 0. The second-order valence-electron chi connectivity index (χ2n) is 6.04. The van der Waals surface area contributed by atoms with Crippen LogP contribution in [-0.2, 0) is 18.9 Å². The van der Waals surface area contributed by atoms with Gasteiger partial charge in [-0.1, -0.05) is 5.92 Å². The fourth-order valence-electron chi connectivity index (χ4n) is 2.52. The molecule has 0 amide bonds. The zero-order chi connectivity index (χ0) is 15.1.